The fourth-order valence-electron chi connectivity index (χ4n) is 1.90. The number of rotatable bonds is 5. The number of aromatic nitrogens is 2. The smallest absolute Gasteiger partial charge is 0.225 e. The Morgan fingerprint density at radius 3 is 3.05 bits per heavy atom. The van der Waals surface area contributed by atoms with Gasteiger partial charge in [0.05, 0.1) is 12.5 Å². The van der Waals surface area contributed by atoms with Gasteiger partial charge >= 0.3 is 0 Å². The highest BCUT2D eigenvalue weighted by Crippen LogP contribution is 2.25. The first-order valence-electron chi connectivity index (χ1n) is 6.26. The van der Waals surface area contributed by atoms with E-state index in [4.69, 9.17) is 9.47 Å². The summed E-state index contributed by atoms with van der Waals surface area (Å²) in [7, 11) is 1.56. The third-order valence-corrected chi connectivity index (χ3v) is 3.78. The molecular weight excluding hydrogens is 288 g/mol. The van der Waals surface area contributed by atoms with E-state index >= 15 is 0 Å². The summed E-state index contributed by atoms with van der Waals surface area (Å²) in [6, 6.07) is 8.86. The van der Waals surface area contributed by atoms with Crippen LogP contribution >= 0.6 is 11.3 Å². The van der Waals surface area contributed by atoms with E-state index in [1.54, 1.807) is 31.4 Å². The van der Waals surface area contributed by atoms with Crippen molar-refractivity contribution < 1.29 is 14.3 Å². The Morgan fingerprint density at radius 2 is 2.19 bits per heavy atom. The number of fused-ring (bicyclic) bond motifs is 1. The highest BCUT2D eigenvalue weighted by molar-refractivity contribution is 7.16. The normalized spacial score (nSPS) is 10.5. The van der Waals surface area contributed by atoms with E-state index in [0.29, 0.717) is 17.2 Å². The number of carbonyl (C=O) groups is 1. The summed E-state index contributed by atoms with van der Waals surface area (Å²) < 4.78 is 10.6. The molecule has 2 heterocycles. The maximum Gasteiger partial charge on any atom is 0.225 e. The molecule has 2 aromatic heterocycles. The zero-order valence-corrected chi connectivity index (χ0v) is 12.1. The van der Waals surface area contributed by atoms with Crippen LogP contribution in [0, 0.1) is 0 Å². The van der Waals surface area contributed by atoms with E-state index in [1.807, 2.05) is 11.4 Å². The number of methoxy groups -OCH3 is 1. The van der Waals surface area contributed by atoms with Gasteiger partial charge in [0.25, 0.3) is 0 Å². The van der Waals surface area contributed by atoms with Crippen LogP contribution < -0.4 is 9.47 Å². The van der Waals surface area contributed by atoms with Gasteiger partial charge in [0.15, 0.2) is 12.4 Å². The molecule has 0 fully saturated rings. The number of hydrogen-bond acceptors (Lipinski definition) is 6. The average Bonchev–Trinajstić information content (AvgIpc) is 3.01. The van der Waals surface area contributed by atoms with Gasteiger partial charge in [-0.2, -0.15) is 0 Å². The predicted molar refractivity (Wildman–Crippen MR) is 80.2 cm³/mol. The number of nitrogens with zero attached hydrogens (tertiary/aromatic N) is 2. The van der Waals surface area contributed by atoms with Crippen LogP contribution in [-0.2, 0) is 0 Å². The minimum absolute atomic E-state index is 0.0743. The molecule has 21 heavy (non-hydrogen) atoms. The predicted octanol–water partition coefficient (Wildman–Crippen LogP) is 2.96. The van der Waals surface area contributed by atoms with Gasteiger partial charge in [-0.15, -0.1) is 11.3 Å². The van der Waals surface area contributed by atoms with Crippen molar-refractivity contribution in [2.24, 2.45) is 0 Å². The van der Waals surface area contributed by atoms with Crippen molar-refractivity contribution in [1.82, 2.24) is 9.97 Å². The summed E-state index contributed by atoms with van der Waals surface area (Å²) in [5.41, 5.74) is 0.546. The first-order valence-corrected chi connectivity index (χ1v) is 7.14. The highest BCUT2D eigenvalue weighted by atomic mass is 32.1. The largest absolute Gasteiger partial charge is 0.497 e. The molecule has 0 unspecified atom stereocenters. The topological polar surface area (TPSA) is 61.3 Å². The van der Waals surface area contributed by atoms with E-state index in [1.165, 1.54) is 17.7 Å². The summed E-state index contributed by atoms with van der Waals surface area (Å²) in [6.45, 7) is -0.0743. The van der Waals surface area contributed by atoms with Crippen LogP contribution in [0.25, 0.3) is 10.2 Å². The molecule has 0 atom stereocenters. The molecule has 0 aliphatic carbocycles. The van der Waals surface area contributed by atoms with Crippen molar-refractivity contribution in [2.45, 2.75) is 0 Å². The van der Waals surface area contributed by atoms with Crippen molar-refractivity contribution in [3.63, 3.8) is 0 Å². The number of Topliss-reactive ketones (excluding diaryl/α,β-unsaturated/α-hetero) is 1. The van der Waals surface area contributed by atoms with Gasteiger partial charge < -0.3 is 9.47 Å². The van der Waals surface area contributed by atoms with Gasteiger partial charge in [0.2, 0.25) is 5.88 Å². The van der Waals surface area contributed by atoms with Crippen molar-refractivity contribution in [1.29, 1.82) is 0 Å². The second-order valence-corrected chi connectivity index (χ2v) is 5.16. The van der Waals surface area contributed by atoms with Gasteiger partial charge in [-0.05, 0) is 23.6 Å². The molecule has 5 nitrogen and oxygen atoms in total. The van der Waals surface area contributed by atoms with Crippen molar-refractivity contribution in [3.8, 4) is 11.6 Å². The maximum atomic E-state index is 12.1. The molecule has 0 saturated carbocycles. The summed E-state index contributed by atoms with van der Waals surface area (Å²) in [6.07, 6.45) is 1.43. The zero-order chi connectivity index (χ0) is 14.7. The number of thiophene rings is 1. The number of carbonyl (C=O) groups excluding carboxylic acids is 1. The molecule has 3 rings (SSSR count). The minimum Gasteiger partial charge on any atom is -0.497 e. The Hall–Kier alpha value is -2.47. The Labute approximate surface area is 125 Å². The Balaban J connectivity index is 1.75. The molecule has 0 saturated heterocycles. The summed E-state index contributed by atoms with van der Waals surface area (Å²) in [5.74, 6) is 0.941. The van der Waals surface area contributed by atoms with Crippen molar-refractivity contribution in [3.05, 3.63) is 47.6 Å². The Morgan fingerprint density at radius 1 is 1.29 bits per heavy atom. The maximum absolute atomic E-state index is 12.1. The lowest BCUT2D eigenvalue weighted by molar-refractivity contribution is 0.0919. The van der Waals surface area contributed by atoms with E-state index in [2.05, 4.69) is 9.97 Å². The van der Waals surface area contributed by atoms with E-state index in [0.717, 1.165) is 10.2 Å². The lowest BCUT2D eigenvalue weighted by Crippen LogP contribution is -2.12. The molecule has 1 aromatic carbocycles. The molecule has 0 spiro atoms. The van der Waals surface area contributed by atoms with Gasteiger partial charge in [-0.25, -0.2) is 9.97 Å². The second kappa shape index (κ2) is 5.88. The SMILES string of the molecule is COc1cccc(C(=O)COc2ncnc3sccc23)c1. The van der Waals surface area contributed by atoms with Crippen LogP contribution in [0.4, 0.5) is 0 Å². The first kappa shape index (κ1) is 13.5. The minimum atomic E-state index is -0.129. The molecule has 6 heteroatoms. The highest BCUT2D eigenvalue weighted by Gasteiger charge is 2.11. The van der Waals surface area contributed by atoms with Crippen LogP contribution in [-0.4, -0.2) is 29.5 Å². The fraction of sp³-hybridized carbons (Fsp3) is 0.133. The zero-order valence-electron chi connectivity index (χ0n) is 11.3. The van der Waals surface area contributed by atoms with Gasteiger partial charge in [0.1, 0.15) is 16.9 Å². The molecule has 0 radical (unpaired) electrons. The van der Waals surface area contributed by atoms with Gasteiger partial charge in [-0.3, -0.25) is 4.79 Å². The number of ether oxygens (including phenoxy) is 2. The van der Waals surface area contributed by atoms with E-state index in [-0.39, 0.29) is 12.4 Å². The monoisotopic (exact) mass is 300 g/mol. The first-order chi connectivity index (χ1) is 10.3. The molecule has 0 bridgehead atoms. The molecular formula is C15H12N2O3S. The molecule has 3 aromatic rings. The molecule has 0 aliphatic rings. The third-order valence-electron chi connectivity index (χ3n) is 2.96. The number of benzene rings is 1. The summed E-state index contributed by atoms with van der Waals surface area (Å²) in [4.78, 5) is 21.2. The summed E-state index contributed by atoms with van der Waals surface area (Å²) >= 11 is 1.50. The van der Waals surface area contributed by atoms with Crippen LogP contribution in [0.15, 0.2) is 42.0 Å². The molecule has 0 N–H and O–H groups in total. The second-order valence-electron chi connectivity index (χ2n) is 4.26. The van der Waals surface area contributed by atoms with Crippen LogP contribution in [0.5, 0.6) is 11.6 Å². The Kier molecular flexibility index (Phi) is 3.79. The lowest BCUT2D eigenvalue weighted by atomic mass is 10.1. The Bertz CT molecular complexity index is 785. The lowest BCUT2D eigenvalue weighted by Gasteiger charge is -2.06. The fourth-order valence-corrected chi connectivity index (χ4v) is 2.62. The molecule has 106 valence electrons. The van der Waals surface area contributed by atoms with E-state index < -0.39 is 0 Å². The standard InChI is InChI=1S/C15H12N2O3S/c1-19-11-4-2-3-10(7-11)13(18)8-20-14-12-5-6-21-15(12)17-9-16-14/h2-7,9H,8H2,1H3. The molecule has 0 amide bonds. The van der Waals surface area contributed by atoms with Crippen molar-refractivity contribution in [2.75, 3.05) is 13.7 Å². The van der Waals surface area contributed by atoms with Gasteiger partial charge in [-0.1, -0.05) is 12.1 Å². The third kappa shape index (κ3) is 2.85. The average molecular weight is 300 g/mol. The van der Waals surface area contributed by atoms with Crippen LogP contribution in [0.3, 0.4) is 0 Å². The van der Waals surface area contributed by atoms with E-state index in [9.17, 15) is 4.79 Å². The van der Waals surface area contributed by atoms with Gasteiger partial charge in [0, 0.05) is 5.56 Å². The number of ketones is 1. The summed E-state index contributed by atoms with van der Waals surface area (Å²) in [5, 5.41) is 2.73. The molecule has 0 aliphatic heterocycles. The van der Waals surface area contributed by atoms with Crippen LogP contribution in [0.1, 0.15) is 10.4 Å². The van der Waals surface area contributed by atoms with Crippen molar-refractivity contribution >= 4 is 27.3 Å². The number of hydrogen-bond donors (Lipinski definition) is 0. The van der Waals surface area contributed by atoms with Crippen LogP contribution in [0.2, 0.25) is 0 Å². The quantitative estimate of drug-likeness (QED) is 0.678.